The molecule has 0 aliphatic rings. The van der Waals surface area contributed by atoms with Crippen molar-refractivity contribution in [3.05, 3.63) is 22.3 Å². The zero-order valence-electron chi connectivity index (χ0n) is 10.7. The van der Waals surface area contributed by atoms with Crippen LogP contribution in [-0.4, -0.2) is 24.6 Å². The van der Waals surface area contributed by atoms with E-state index < -0.39 is 11.7 Å². The van der Waals surface area contributed by atoms with Crippen molar-refractivity contribution in [2.45, 2.75) is 25.9 Å². The van der Waals surface area contributed by atoms with Crippen LogP contribution in [0.3, 0.4) is 0 Å². The van der Waals surface area contributed by atoms with Gasteiger partial charge in [-0.2, -0.15) is 13.2 Å². The van der Waals surface area contributed by atoms with Crippen LogP contribution < -0.4 is 10.6 Å². The molecule has 0 saturated heterocycles. The van der Waals surface area contributed by atoms with Crippen LogP contribution in [0.4, 0.5) is 19.0 Å². The zero-order valence-corrected chi connectivity index (χ0v) is 12.3. The van der Waals surface area contributed by atoms with Gasteiger partial charge < -0.3 is 10.6 Å². The number of halogens is 4. The molecule has 0 spiro atoms. The zero-order chi connectivity index (χ0) is 14.5. The standard InChI is InChI=1S/C12H17BrF3N3/c1-2-5-19(6-3-4-17)11-10(12(14,15)16)7-9(13)8-18-11/h7-8H,2-6,17H2,1H3. The molecule has 1 heterocycles. The summed E-state index contributed by atoms with van der Waals surface area (Å²) in [6.07, 6.45) is -1.65. The predicted octanol–water partition coefficient (Wildman–Crippen LogP) is 3.43. The Morgan fingerprint density at radius 2 is 2.05 bits per heavy atom. The van der Waals surface area contributed by atoms with Gasteiger partial charge in [0.25, 0.3) is 0 Å². The Balaban J connectivity index is 3.14. The van der Waals surface area contributed by atoms with E-state index in [0.29, 0.717) is 30.5 Å². The SMILES string of the molecule is CCCN(CCCN)c1ncc(Br)cc1C(F)(F)F. The van der Waals surface area contributed by atoms with Crippen molar-refractivity contribution in [1.29, 1.82) is 0 Å². The maximum Gasteiger partial charge on any atom is 0.419 e. The van der Waals surface area contributed by atoms with E-state index in [9.17, 15) is 13.2 Å². The van der Waals surface area contributed by atoms with Crippen molar-refractivity contribution in [3.63, 3.8) is 0 Å². The van der Waals surface area contributed by atoms with Crippen LogP contribution in [0.5, 0.6) is 0 Å². The van der Waals surface area contributed by atoms with Gasteiger partial charge >= 0.3 is 6.18 Å². The summed E-state index contributed by atoms with van der Waals surface area (Å²) in [7, 11) is 0. The van der Waals surface area contributed by atoms with Crippen LogP contribution in [0.25, 0.3) is 0 Å². The maximum atomic E-state index is 13.0. The summed E-state index contributed by atoms with van der Waals surface area (Å²) in [5, 5.41) is 0. The summed E-state index contributed by atoms with van der Waals surface area (Å²) in [5.74, 6) is -0.0222. The monoisotopic (exact) mass is 339 g/mol. The number of rotatable bonds is 6. The lowest BCUT2D eigenvalue weighted by atomic mass is 10.2. The lowest BCUT2D eigenvalue weighted by Crippen LogP contribution is -2.30. The Labute approximate surface area is 119 Å². The van der Waals surface area contributed by atoms with E-state index in [-0.39, 0.29) is 5.82 Å². The molecule has 0 radical (unpaired) electrons. The third-order valence-corrected chi connectivity index (χ3v) is 3.00. The highest BCUT2D eigenvalue weighted by atomic mass is 79.9. The molecule has 19 heavy (non-hydrogen) atoms. The Hall–Kier alpha value is -0.820. The molecular formula is C12H17BrF3N3. The third-order valence-electron chi connectivity index (χ3n) is 2.56. The number of hydrogen-bond donors (Lipinski definition) is 1. The topological polar surface area (TPSA) is 42.1 Å². The number of aromatic nitrogens is 1. The van der Waals surface area contributed by atoms with Crippen LogP contribution in [0.2, 0.25) is 0 Å². The Morgan fingerprint density at radius 1 is 1.37 bits per heavy atom. The lowest BCUT2D eigenvalue weighted by Gasteiger charge is -2.26. The minimum absolute atomic E-state index is 0.0222. The summed E-state index contributed by atoms with van der Waals surface area (Å²) < 4.78 is 39.4. The molecule has 0 atom stereocenters. The highest BCUT2D eigenvalue weighted by Gasteiger charge is 2.36. The smallest absolute Gasteiger partial charge is 0.356 e. The minimum Gasteiger partial charge on any atom is -0.356 e. The summed E-state index contributed by atoms with van der Waals surface area (Å²) in [6.45, 7) is 3.36. The molecule has 0 amide bonds. The lowest BCUT2D eigenvalue weighted by molar-refractivity contribution is -0.137. The van der Waals surface area contributed by atoms with Crippen molar-refractivity contribution in [2.24, 2.45) is 5.73 Å². The molecule has 3 nitrogen and oxygen atoms in total. The van der Waals surface area contributed by atoms with Gasteiger partial charge in [0.1, 0.15) is 5.82 Å². The predicted molar refractivity (Wildman–Crippen MR) is 73.1 cm³/mol. The van der Waals surface area contributed by atoms with Crippen LogP contribution in [0.1, 0.15) is 25.3 Å². The molecule has 0 aliphatic carbocycles. The third kappa shape index (κ3) is 4.65. The van der Waals surface area contributed by atoms with Gasteiger partial charge in [0.15, 0.2) is 0 Å². The molecule has 0 saturated carbocycles. The molecule has 1 aromatic heterocycles. The Morgan fingerprint density at radius 3 is 2.58 bits per heavy atom. The molecule has 0 bridgehead atoms. The van der Waals surface area contributed by atoms with Crippen molar-refractivity contribution in [3.8, 4) is 0 Å². The second-order valence-corrected chi connectivity index (χ2v) is 5.07. The average Bonchev–Trinajstić information content (AvgIpc) is 2.33. The number of nitrogens with two attached hydrogens (primary N) is 1. The molecule has 108 valence electrons. The van der Waals surface area contributed by atoms with E-state index in [4.69, 9.17) is 5.73 Å². The van der Waals surface area contributed by atoms with Gasteiger partial charge in [0.2, 0.25) is 0 Å². The fourth-order valence-electron chi connectivity index (χ4n) is 1.77. The van der Waals surface area contributed by atoms with Crippen molar-refractivity contribution >= 4 is 21.7 Å². The normalized spacial score (nSPS) is 11.7. The van der Waals surface area contributed by atoms with E-state index in [2.05, 4.69) is 20.9 Å². The Bertz CT molecular complexity index is 410. The van der Waals surface area contributed by atoms with Gasteiger partial charge in [-0.15, -0.1) is 0 Å². The number of alkyl halides is 3. The fraction of sp³-hybridized carbons (Fsp3) is 0.583. The molecule has 1 aromatic rings. The highest BCUT2D eigenvalue weighted by Crippen LogP contribution is 2.36. The average molecular weight is 340 g/mol. The molecule has 0 fully saturated rings. The van der Waals surface area contributed by atoms with Crippen LogP contribution in [-0.2, 0) is 6.18 Å². The van der Waals surface area contributed by atoms with Gasteiger partial charge in [-0.25, -0.2) is 4.98 Å². The number of anilines is 1. The van der Waals surface area contributed by atoms with Crippen molar-refractivity contribution in [2.75, 3.05) is 24.5 Å². The van der Waals surface area contributed by atoms with Crippen LogP contribution in [0.15, 0.2) is 16.7 Å². The van der Waals surface area contributed by atoms with E-state index >= 15 is 0 Å². The first-order valence-electron chi connectivity index (χ1n) is 6.08. The second-order valence-electron chi connectivity index (χ2n) is 4.15. The summed E-state index contributed by atoms with van der Waals surface area (Å²) in [5.41, 5.74) is 4.71. The quantitative estimate of drug-likeness (QED) is 0.863. The molecular weight excluding hydrogens is 323 g/mol. The van der Waals surface area contributed by atoms with E-state index in [1.165, 1.54) is 6.20 Å². The molecule has 7 heteroatoms. The largest absolute Gasteiger partial charge is 0.419 e. The highest BCUT2D eigenvalue weighted by molar-refractivity contribution is 9.10. The number of pyridine rings is 1. The van der Waals surface area contributed by atoms with Gasteiger partial charge in [0.05, 0.1) is 5.56 Å². The number of nitrogens with zero attached hydrogens (tertiary/aromatic N) is 2. The van der Waals surface area contributed by atoms with E-state index in [1.807, 2.05) is 6.92 Å². The van der Waals surface area contributed by atoms with Crippen LogP contribution in [0, 0.1) is 0 Å². The first-order chi connectivity index (χ1) is 8.90. The van der Waals surface area contributed by atoms with E-state index in [1.54, 1.807) is 4.90 Å². The molecule has 0 aromatic carbocycles. The summed E-state index contributed by atoms with van der Waals surface area (Å²) in [6, 6.07) is 1.06. The van der Waals surface area contributed by atoms with E-state index in [0.717, 1.165) is 12.5 Å². The maximum absolute atomic E-state index is 13.0. The van der Waals surface area contributed by atoms with Crippen LogP contribution >= 0.6 is 15.9 Å². The van der Waals surface area contributed by atoms with Crippen molar-refractivity contribution in [1.82, 2.24) is 4.98 Å². The second kappa shape index (κ2) is 7.09. The Kier molecular flexibility index (Phi) is 6.06. The summed E-state index contributed by atoms with van der Waals surface area (Å²) >= 11 is 3.03. The number of hydrogen-bond acceptors (Lipinski definition) is 3. The molecule has 0 aliphatic heterocycles. The van der Waals surface area contributed by atoms with Gasteiger partial charge in [-0.1, -0.05) is 6.92 Å². The molecule has 1 rings (SSSR count). The summed E-state index contributed by atoms with van der Waals surface area (Å²) in [4.78, 5) is 5.58. The molecule has 2 N–H and O–H groups in total. The molecule has 0 unspecified atom stereocenters. The first-order valence-corrected chi connectivity index (χ1v) is 6.87. The van der Waals surface area contributed by atoms with Gasteiger partial charge in [-0.05, 0) is 41.4 Å². The van der Waals surface area contributed by atoms with Gasteiger partial charge in [0, 0.05) is 23.8 Å². The first kappa shape index (κ1) is 16.2. The fourth-order valence-corrected chi connectivity index (χ4v) is 2.10. The van der Waals surface area contributed by atoms with Crippen molar-refractivity contribution < 1.29 is 13.2 Å². The van der Waals surface area contributed by atoms with Gasteiger partial charge in [-0.3, -0.25) is 0 Å². The minimum atomic E-state index is -4.42.